The molecule has 0 aliphatic heterocycles. The van der Waals surface area contributed by atoms with Gasteiger partial charge in [-0.15, -0.1) is 0 Å². The van der Waals surface area contributed by atoms with E-state index in [1.54, 1.807) is 0 Å². The van der Waals surface area contributed by atoms with Gasteiger partial charge < -0.3 is 5.73 Å². The summed E-state index contributed by atoms with van der Waals surface area (Å²) in [6.07, 6.45) is 5.52. The maximum absolute atomic E-state index is 5.70. The highest BCUT2D eigenvalue weighted by Crippen LogP contribution is 2.35. The van der Waals surface area contributed by atoms with Crippen LogP contribution in [0.3, 0.4) is 0 Å². The van der Waals surface area contributed by atoms with Gasteiger partial charge in [-0.1, -0.05) is 51.0 Å². The van der Waals surface area contributed by atoms with Gasteiger partial charge in [0.25, 0.3) is 0 Å². The Kier molecular flexibility index (Phi) is 4.22. The Morgan fingerprint density at radius 3 is 2.24 bits per heavy atom. The second-order valence-electron chi connectivity index (χ2n) is 5.76. The van der Waals surface area contributed by atoms with Crippen molar-refractivity contribution in [3.8, 4) is 0 Å². The molecule has 0 heterocycles. The van der Waals surface area contributed by atoms with Crippen molar-refractivity contribution >= 4 is 0 Å². The van der Waals surface area contributed by atoms with Crippen molar-refractivity contribution in [3.63, 3.8) is 0 Å². The highest BCUT2D eigenvalue weighted by atomic mass is 14.5. The zero-order chi connectivity index (χ0) is 12.3. The van der Waals surface area contributed by atoms with E-state index in [2.05, 4.69) is 38.1 Å². The van der Waals surface area contributed by atoms with Crippen molar-refractivity contribution in [2.24, 2.45) is 11.7 Å². The van der Waals surface area contributed by atoms with Gasteiger partial charge in [0.15, 0.2) is 0 Å². The first kappa shape index (κ1) is 12.6. The van der Waals surface area contributed by atoms with Gasteiger partial charge in [0.1, 0.15) is 0 Å². The second kappa shape index (κ2) is 5.68. The molecule has 94 valence electrons. The van der Waals surface area contributed by atoms with E-state index in [1.807, 2.05) is 0 Å². The molecule has 1 aromatic carbocycles. The molecule has 0 saturated heterocycles. The summed E-state index contributed by atoms with van der Waals surface area (Å²) in [5, 5.41) is 0. The lowest BCUT2D eigenvalue weighted by Crippen LogP contribution is -2.11. The molecule has 17 heavy (non-hydrogen) atoms. The SMILES string of the molecule is CC1CCC(c2ccc(C(C)CN)cc2)CC1. The van der Waals surface area contributed by atoms with Crippen molar-refractivity contribution in [2.45, 2.75) is 51.4 Å². The molecule has 1 aromatic rings. The van der Waals surface area contributed by atoms with Gasteiger partial charge in [-0.05, 0) is 48.3 Å². The zero-order valence-electron chi connectivity index (χ0n) is 11.2. The summed E-state index contributed by atoms with van der Waals surface area (Å²) < 4.78 is 0. The number of rotatable bonds is 3. The predicted molar refractivity (Wildman–Crippen MR) is 74.3 cm³/mol. The summed E-state index contributed by atoms with van der Waals surface area (Å²) >= 11 is 0. The molecule has 1 unspecified atom stereocenters. The van der Waals surface area contributed by atoms with Crippen molar-refractivity contribution in [1.82, 2.24) is 0 Å². The first-order chi connectivity index (χ1) is 8.20. The Morgan fingerprint density at radius 1 is 1.12 bits per heavy atom. The lowest BCUT2D eigenvalue weighted by Gasteiger charge is -2.26. The Morgan fingerprint density at radius 2 is 1.71 bits per heavy atom. The molecule has 0 radical (unpaired) electrons. The molecule has 0 bridgehead atoms. The molecular formula is C16H25N. The van der Waals surface area contributed by atoms with Crippen LogP contribution in [0.2, 0.25) is 0 Å². The van der Waals surface area contributed by atoms with Crippen molar-refractivity contribution in [3.05, 3.63) is 35.4 Å². The molecule has 0 amide bonds. The second-order valence-corrected chi connectivity index (χ2v) is 5.76. The van der Waals surface area contributed by atoms with Gasteiger partial charge >= 0.3 is 0 Å². The molecule has 1 saturated carbocycles. The summed E-state index contributed by atoms with van der Waals surface area (Å²) in [4.78, 5) is 0. The van der Waals surface area contributed by atoms with Gasteiger partial charge in [0.05, 0.1) is 0 Å². The van der Waals surface area contributed by atoms with Crippen LogP contribution in [0.15, 0.2) is 24.3 Å². The summed E-state index contributed by atoms with van der Waals surface area (Å²) in [7, 11) is 0. The van der Waals surface area contributed by atoms with E-state index in [1.165, 1.54) is 36.8 Å². The Bertz CT molecular complexity index is 333. The summed E-state index contributed by atoms with van der Waals surface area (Å²) in [5.41, 5.74) is 8.61. The quantitative estimate of drug-likeness (QED) is 0.834. The Hall–Kier alpha value is -0.820. The molecule has 2 N–H and O–H groups in total. The van der Waals surface area contributed by atoms with Crippen LogP contribution in [0.25, 0.3) is 0 Å². The average Bonchev–Trinajstić information content (AvgIpc) is 2.39. The van der Waals surface area contributed by atoms with Gasteiger partial charge in [-0.2, -0.15) is 0 Å². The average molecular weight is 231 g/mol. The van der Waals surface area contributed by atoms with Crippen molar-refractivity contribution in [1.29, 1.82) is 0 Å². The summed E-state index contributed by atoms with van der Waals surface area (Å²) in [6, 6.07) is 9.18. The number of hydrogen-bond acceptors (Lipinski definition) is 1. The van der Waals surface area contributed by atoms with E-state index < -0.39 is 0 Å². The summed E-state index contributed by atoms with van der Waals surface area (Å²) in [6.45, 7) is 5.31. The van der Waals surface area contributed by atoms with Crippen LogP contribution in [0, 0.1) is 5.92 Å². The van der Waals surface area contributed by atoms with Crippen molar-refractivity contribution in [2.75, 3.05) is 6.54 Å². The van der Waals surface area contributed by atoms with Gasteiger partial charge in [0, 0.05) is 0 Å². The molecule has 0 spiro atoms. The largest absolute Gasteiger partial charge is 0.330 e. The molecule has 1 fully saturated rings. The highest BCUT2D eigenvalue weighted by Gasteiger charge is 2.19. The fraction of sp³-hybridized carbons (Fsp3) is 0.625. The molecular weight excluding hydrogens is 206 g/mol. The third-order valence-electron chi connectivity index (χ3n) is 4.35. The van der Waals surface area contributed by atoms with E-state index >= 15 is 0 Å². The van der Waals surface area contributed by atoms with Crippen LogP contribution >= 0.6 is 0 Å². The van der Waals surface area contributed by atoms with Gasteiger partial charge in [-0.25, -0.2) is 0 Å². The number of nitrogens with two attached hydrogens (primary N) is 1. The lowest BCUT2D eigenvalue weighted by molar-refractivity contribution is 0.348. The lowest BCUT2D eigenvalue weighted by atomic mass is 9.79. The van der Waals surface area contributed by atoms with Crippen LogP contribution in [0.1, 0.15) is 62.5 Å². The molecule has 1 atom stereocenters. The molecule has 1 nitrogen and oxygen atoms in total. The molecule has 1 aliphatic rings. The van der Waals surface area contributed by atoms with E-state index in [9.17, 15) is 0 Å². The smallest absolute Gasteiger partial charge is 0.00109 e. The van der Waals surface area contributed by atoms with E-state index in [0.717, 1.165) is 18.4 Å². The fourth-order valence-electron chi connectivity index (χ4n) is 2.83. The molecule has 0 aromatic heterocycles. The normalized spacial score (nSPS) is 26.8. The van der Waals surface area contributed by atoms with Crippen LogP contribution < -0.4 is 5.73 Å². The maximum atomic E-state index is 5.70. The van der Waals surface area contributed by atoms with Gasteiger partial charge in [-0.3, -0.25) is 0 Å². The third-order valence-corrected chi connectivity index (χ3v) is 4.35. The zero-order valence-corrected chi connectivity index (χ0v) is 11.2. The van der Waals surface area contributed by atoms with Crippen molar-refractivity contribution < 1.29 is 0 Å². The minimum atomic E-state index is 0.482. The molecule has 1 heteroatoms. The molecule has 2 rings (SSSR count). The van der Waals surface area contributed by atoms with E-state index in [0.29, 0.717) is 5.92 Å². The minimum absolute atomic E-state index is 0.482. The monoisotopic (exact) mass is 231 g/mol. The van der Waals surface area contributed by atoms with Crippen LogP contribution in [0.5, 0.6) is 0 Å². The first-order valence-corrected chi connectivity index (χ1v) is 7.00. The number of benzene rings is 1. The highest BCUT2D eigenvalue weighted by molar-refractivity contribution is 5.27. The van der Waals surface area contributed by atoms with Gasteiger partial charge in [0.2, 0.25) is 0 Å². The molecule has 1 aliphatic carbocycles. The third kappa shape index (κ3) is 3.10. The fourth-order valence-corrected chi connectivity index (χ4v) is 2.83. The Balaban J connectivity index is 2.02. The maximum Gasteiger partial charge on any atom is -0.00109 e. The summed E-state index contributed by atoms with van der Waals surface area (Å²) in [5.74, 6) is 2.21. The predicted octanol–water partition coefficient (Wildman–Crippen LogP) is 4.04. The van der Waals surface area contributed by atoms with Crippen LogP contribution in [-0.2, 0) is 0 Å². The van der Waals surface area contributed by atoms with E-state index in [-0.39, 0.29) is 0 Å². The van der Waals surface area contributed by atoms with Crippen LogP contribution in [-0.4, -0.2) is 6.54 Å². The first-order valence-electron chi connectivity index (χ1n) is 7.00. The van der Waals surface area contributed by atoms with E-state index in [4.69, 9.17) is 5.73 Å². The topological polar surface area (TPSA) is 26.0 Å². The Labute approximate surface area is 105 Å². The standard InChI is InChI=1S/C16H25N/c1-12-3-5-15(6-4-12)16-9-7-14(8-10-16)13(2)11-17/h7-10,12-13,15H,3-6,11,17H2,1-2H3. The minimum Gasteiger partial charge on any atom is -0.330 e. The van der Waals surface area contributed by atoms with Crippen LogP contribution in [0.4, 0.5) is 0 Å². The number of hydrogen-bond donors (Lipinski definition) is 1.